The van der Waals surface area contributed by atoms with E-state index in [1.165, 1.54) is 30.4 Å². The average molecular weight is 357 g/mol. The van der Waals surface area contributed by atoms with Crippen LogP contribution < -0.4 is 5.32 Å². The van der Waals surface area contributed by atoms with Crippen LogP contribution in [0.25, 0.3) is 0 Å². The molecule has 0 saturated carbocycles. The maximum absolute atomic E-state index is 5.73. The molecular formula is C18H29ClN2OS. The molecule has 0 aromatic heterocycles. The lowest BCUT2D eigenvalue weighted by molar-refractivity contribution is 0.0837. The summed E-state index contributed by atoms with van der Waals surface area (Å²) in [6, 6.07) is 7.50. The number of rotatable bonds is 4. The van der Waals surface area contributed by atoms with Crippen molar-refractivity contribution in [2.45, 2.75) is 59.0 Å². The minimum absolute atomic E-state index is 0. The molecule has 1 heterocycles. The number of aryl methyl sites for hydroxylation is 2. The summed E-state index contributed by atoms with van der Waals surface area (Å²) in [5.41, 5.74) is 3.43. The van der Waals surface area contributed by atoms with Gasteiger partial charge in [0.1, 0.15) is 6.61 Å². The molecule has 1 saturated heterocycles. The zero-order valence-electron chi connectivity index (χ0n) is 14.6. The second-order valence-corrected chi connectivity index (χ2v) is 6.77. The van der Waals surface area contributed by atoms with Gasteiger partial charge in [-0.1, -0.05) is 24.6 Å². The van der Waals surface area contributed by atoms with Gasteiger partial charge in [0, 0.05) is 24.3 Å². The van der Waals surface area contributed by atoms with Gasteiger partial charge in [0.15, 0.2) is 0 Å². The van der Waals surface area contributed by atoms with Crippen LogP contribution in [0.2, 0.25) is 0 Å². The molecule has 0 spiro atoms. The fourth-order valence-corrected chi connectivity index (χ4v) is 3.49. The van der Waals surface area contributed by atoms with Gasteiger partial charge < -0.3 is 10.1 Å². The Bertz CT molecular complexity index is 493. The Morgan fingerprint density at radius 3 is 2.35 bits per heavy atom. The molecule has 2 unspecified atom stereocenters. The van der Waals surface area contributed by atoms with Crippen molar-refractivity contribution in [3.63, 3.8) is 0 Å². The monoisotopic (exact) mass is 356 g/mol. The largest absolute Gasteiger partial charge is 0.469 e. The van der Waals surface area contributed by atoms with Gasteiger partial charge in [-0.2, -0.15) is 0 Å². The minimum Gasteiger partial charge on any atom is -0.469 e. The normalized spacial score (nSPS) is 21.4. The quantitative estimate of drug-likeness (QED) is 0.790. The van der Waals surface area contributed by atoms with Gasteiger partial charge in [-0.25, -0.2) is 0 Å². The van der Waals surface area contributed by atoms with E-state index in [1.54, 1.807) is 0 Å². The van der Waals surface area contributed by atoms with Crippen LogP contribution in [0.5, 0.6) is 0 Å². The number of ether oxygens (including phenoxy) is 1. The smallest absolute Gasteiger partial charge is 0.261 e. The first kappa shape index (κ1) is 20.2. The zero-order chi connectivity index (χ0) is 16.1. The summed E-state index contributed by atoms with van der Waals surface area (Å²) in [5, 5.41) is 3.70. The molecule has 1 aromatic rings. The fourth-order valence-electron chi connectivity index (χ4n) is 3.31. The molecule has 2 atom stereocenters. The highest BCUT2D eigenvalue weighted by Crippen LogP contribution is 2.22. The third-order valence-electron chi connectivity index (χ3n) is 4.67. The summed E-state index contributed by atoms with van der Waals surface area (Å²) in [5.74, 6) is 0. The van der Waals surface area contributed by atoms with E-state index in [-0.39, 0.29) is 12.4 Å². The topological polar surface area (TPSA) is 24.5 Å². The number of piperidine rings is 1. The second-order valence-electron chi connectivity index (χ2n) is 6.39. The van der Waals surface area contributed by atoms with E-state index in [0.717, 1.165) is 12.2 Å². The Hall–Kier alpha value is -0.840. The Morgan fingerprint density at radius 1 is 1.22 bits per heavy atom. The van der Waals surface area contributed by atoms with Crippen LogP contribution in [0, 0.1) is 13.8 Å². The van der Waals surface area contributed by atoms with Crippen molar-refractivity contribution in [3.8, 4) is 0 Å². The number of hydrogen-bond donors (Lipinski definition) is 1. The van der Waals surface area contributed by atoms with E-state index in [0.29, 0.717) is 23.9 Å². The summed E-state index contributed by atoms with van der Waals surface area (Å²) in [6.07, 6.45) is 3.91. The Kier molecular flexibility index (Phi) is 8.31. The van der Waals surface area contributed by atoms with Gasteiger partial charge in [-0.15, -0.1) is 12.4 Å². The van der Waals surface area contributed by atoms with E-state index in [2.05, 4.69) is 56.1 Å². The molecule has 1 fully saturated rings. The molecule has 0 radical (unpaired) electrons. The third-order valence-corrected chi connectivity index (χ3v) is 4.89. The predicted octanol–water partition coefficient (Wildman–Crippen LogP) is 4.70. The van der Waals surface area contributed by atoms with E-state index in [1.807, 2.05) is 0 Å². The van der Waals surface area contributed by atoms with Gasteiger partial charge in [-0.05, 0) is 63.9 Å². The molecule has 0 amide bonds. The number of para-hydroxylation sites is 1. The van der Waals surface area contributed by atoms with Crippen molar-refractivity contribution in [1.29, 1.82) is 0 Å². The van der Waals surface area contributed by atoms with E-state index in [4.69, 9.17) is 17.0 Å². The van der Waals surface area contributed by atoms with Crippen molar-refractivity contribution >= 4 is 35.5 Å². The summed E-state index contributed by atoms with van der Waals surface area (Å²) >= 11 is 5.33. The van der Waals surface area contributed by atoms with E-state index < -0.39 is 0 Å². The molecule has 23 heavy (non-hydrogen) atoms. The van der Waals surface area contributed by atoms with E-state index >= 15 is 0 Å². The Morgan fingerprint density at radius 2 is 1.78 bits per heavy atom. The summed E-state index contributed by atoms with van der Waals surface area (Å²) in [6.45, 7) is 10.4. The van der Waals surface area contributed by atoms with Crippen LogP contribution in [0.4, 0.5) is 5.69 Å². The van der Waals surface area contributed by atoms with Gasteiger partial charge in [0.2, 0.25) is 0 Å². The zero-order valence-corrected chi connectivity index (χ0v) is 16.2. The molecule has 1 N–H and O–H groups in total. The number of nitrogens with zero attached hydrogens (tertiary/aromatic N) is 1. The van der Waals surface area contributed by atoms with Crippen LogP contribution in [0.15, 0.2) is 18.2 Å². The van der Waals surface area contributed by atoms with Crippen molar-refractivity contribution in [3.05, 3.63) is 29.3 Å². The maximum Gasteiger partial charge on any atom is 0.261 e. The molecule has 0 bridgehead atoms. The summed E-state index contributed by atoms with van der Waals surface area (Å²) in [7, 11) is 0. The third kappa shape index (κ3) is 5.63. The number of thiocarbonyl (C=S) groups is 1. The van der Waals surface area contributed by atoms with Crippen molar-refractivity contribution in [1.82, 2.24) is 4.90 Å². The van der Waals surface area contributed by atoms with Crippen LogP contribution in [-0.4, -0.2) is 35.3 Å². The molecule has 0 aliphatic carbocycles. The molecule has 3 nitrogen and oxygen atoms in total. The molecule has 5 heteroatoms. The van der Waals surface area contributed by atoms with Gasteiger partial charge >= 0.3 is 0 Å². The SMILES string of the molecule is Cc1cccc(C)c1NC(=S)OCCN1C(C)CCCC1C.Cl. The highest BCUT2D eigenvalue weighted by molar-refractivity contribution is 7.80. The first-order chi connectivity index (χ1) is 10.5. The predicted molar refractivity (Wildman–Crippen MR) is 105 cm³/mol. The lowest BCUT2D eigenvalue weighted by Crippen LogP contribution is -2.45. The Labute approximate surface area is 152 Å². The molecule has 130 valence electrons. The first-order valence-corrected chi connectivity index (χ1v) is 8.65. The fraction of sp³-hybridized carbons (Fsp3) is 0.611. The van der Waals surface area contributed by atoms with E-state index in [9.17, 15) is 0 Å². The number of hydrogen-bond acceptors (Lipinski definition) is 3. The standard InChI is InChI=1S/C18H28N2OS.ClH/c1-13-7-5-8-14(2)17(13)19-18(22)21-12-11-20-15(3)9-6-10-16(20)4;/h5,7-8,15-16H,6,9-12H2,1-4H3,(H,19,22);1H. The molecular weight excluding hydrogens is 328 g/mol. The first-order valence-electron chi connectivity index (χ1n) is 8.24. The highest BCUT2D eigenvalue weighted by Gasteiger charge is 2.24. The van der Waals surface area contributed by atoms with Crippen LogP contribution >= 0.6 is 24.6 Å². The lowest BCUT2D eigenvalue weighted by Gasteiger charge is -2.38. The van der Waals surface area contributed by atoms with Gasteiger partial charge in [0.25, 0.3) is 5.17 Å². The maximum atomic E-state index is 5.73. The summed E-state index contributed by atoms with van der Waals surface area (Å²) < 4.78 is 5.73. The van der Waals surface area contributed by atoms with Gasteiger partial charge in [0.05, 0.1) is 0 Å². The van der Waals surface area contributed by atoms with Crippen molar-refractivity contribution in [2.75, 3.05) is 18.5 Å². The Balaban J connectivity index is 0.00000264. The summed E-state index contributed by atoms with van der Waals surface area (Å²) in [4.78, 5) is 2.53. The average Bonchev–Trinajstić information content (AvgIpc) is 2.46. The van der Waals surface area contributed by atoms with Crippen molar-refractivity contribution < 1.29 is 4.74 Å². The number of anilines is 1. The van der Waals surface area contributed by atoms with Crippen LogP contribution in [0.1, 0.15) is 44.2 Å². The molecule has 1 aromatic carbocycles. The number of likely N-dealkylation sites (tertiary alicyclic amines) is 1. The second kappa shape index (κ2) is 9.45. The molecule has 2 rings (SSSR count). The minimum atomic E-state index is 0. The number of benzene rings is 1. The highest BCUT2D eigenvalue weighted by atomic mass is 35.5. The molecule has 1 aliphatic rings. The van der Waals surface area contributed by atoms with Crippen molar-refractivity contribution in [2.24, 2.45) is 0 Å². The number of nitrogens with one attached hydrogen (secondary N) is 1. The van der Waals surface area contributed by atoms with Crippen LogP contribution in [-0.2, 0) is 4.74 Å². The molecule has 1 aliphatic heterocycles. The lowest BCUT2D eigenvalue weighted by atomic mass is 9.98. The van der Waals surface area contributed by atoms with Gasteiger partial charge in [-0.3, -0.25) is 4.90 Å². The van der Waals surface area contributed by atoms with Crippen LogP contribution in [0.3, 0.4) is 0 Å². The number of halogens is 1.